The fourth-order valence-corrected chi connectivity index (χ4v) is 4.11. The van der Waals surface area contributed by atoms with Gasteiger partial charge in [-0.25, -0.2) is 0 Å². The Hall–Kier alpha value is -0.722. The molecule has 0 aliphatic rings. The van der Waals surface area contributed by atoms with Crippen LogP contribution in [0.25, 0.3) is 5.41 Å². The van der Waals surface area contributed by atoms with Crippen molar-refractivity contribution in [2.24, 2.45) is 0 Å². The Morgan fingerprint density at radius 2 is 0.915 bits per heavy atom. The fourth-order valence-electron chi connectivity index (χ4n) is 3.49. The number of quaternary nitrogens is 2. The monoisotopic (exact) mass is 864 g/mol. The van der Waals surface area contributed by atoms with Crippen molar-refractivity contribution in [2.75, 3.05) is 52.4 Å². The van der Waals surface area contributed by atoms with Gasteiger partial charge in [0.05, 0.1) is 52.4 Å². The molecule has 0 saturated carbocycles. The van der Waals surface area contributed by atoms with Crippen molar-refractivity contribution in [2.45, 2.75) is 77.5 Å². The third-order valence-corrected chi connectivity index (χ3v) is 9.91. The van der Waals surface area contributed by atoms with E-state index in [4.69, 9.17) is 35.9 Å². The van der Waals surface area contributed by atoms with Gasteiger partial charge >= 0.3 is 33.4 Å². The van der Waals surface area contributed by atoms with Gasteiger partial charge in [0.25, 0.3) is 0 Å². The number of rotatable bonds is 9. The Morgan fingerprint density at radius 1 is 0.681 bits per heavy atom. The smallest absolute Gasteiger partial charge is 0.781 e. The third-order valence-electron chi connectivity index (χ3n) is 7.35. The van der Waals surface area contributed by atoms with E-state index in [9.17, 15) is 26.3 Å². The molecule has 0 N–H and O–H groups in total. The average Bonchev–Trinajstić information content (AvgIpc) is 3.04. The van der Waals surface area contributed by atoms with Crippen LogP contribution in [-0.2, 0) is 84.2 Å². The quantitative estimate of drug-likeness (QED) is 0.0472. The van der Waals surface area contributed by atoms with Crippen molar-refractivity contribution >= 4 is 86.1 Å². The van der Waals surface area contributed by atoms with E-state index in [0.29, 0.717) is 0 Å². The number of hydrogen-bond acceptors (Lipinski definition) is 7. The van der Waals surface area contributed by atoms with E-state index < -0.39 is 22.2 Å². The predicted molar refractivity (Wildman–Crippen MR) is 194 cm³/mol. The maximum atomic E-state index is 11.5. The summed E-state index contributed by atoms with van der Waals surface area (Å²) in [6.07, 6.45) is -10.4. The van der Waals surface area contributed by atoms with E-state index in [1.165, 1.54) is 61.3 Å². The average molecular weight is 863 g/mol. The van der Waals surface area contributed by atoms with Crippen molar-refractivity contribution in [3.05, 3.63) is 44.4 Å². The van der Waals surface area contributed by atoms with Gasteiger partial charge in [-0.1, -0.05) is 36.5 Å². The summed E-state index contributed by atoms with van der Waals surface area (Å²) in [6.45, 7) is 28.4. The Morgan fingerprint density at radius 3 is 1.00 bits per heavy atom. The van der Waals surface area contributed by atoms with Crippen LogP contribution >= 0.6 is 12.2 Å². The van der Waals surface area contributed by atoms with Crippen molar-refractivity contribution in [3.8, 4) is 6.07 Å². The van der Waals surface area contributed by atoms with E-state index >= 15 is 0 Å². The molecule has 0 heterocycles. The summed E-state index contributed by atoms with van der Waals surface area (Å²) in [5.41, 5.74) is 0. The zero-order chi connectivity index (χ0) is 37.4. The Kier molecular flexibility index (Phi) is 34.4. The van der Waals surface area contributed by atoms with Crippen LogP contribution in [0.5, 0.6) is 0 Å². The van der Waals surface area contributed by atoms with Crippen molar-refractivity contribution in [1.29, 1.82) is 5.26 Å². The Balaban J connectivity index is -0.000000157. The first-order valence-corrected chi connectivity index (χ1v) is 16.8. The zero-order valence-corrected chi connectivity index (χ0v) is 34.8. The number of alkyl halides is 6. The van der Waals surface area contributed by atoms with E-state index in [2.05, 4.69) is 105 Å². The molecule has 0 aliphatic carbocycles. The van der Waals surface area contributed by atoms with E-state index in [1.807, 2.05) is 24.3 Å². The molecule has 0 bridgehead atoms. The maximum Gasteiger partial charge on any atom is 4.00 e. The summed E-state index contributed by atoms with van der Waals surface area (Å²) in [5.74, 6) is 1.58. The van der Waals surface area contributed by atoms with E-state index in [1.54, 1.807) is 11.9 Å². The first-order valence-electron chi connectivity index (χ1n) is 14.3. The molecule has 0 aliphatic heterocycles. The number of thiocarbonyl (C=S) groups is 1. The molecule has 0 saturated heterocycles. The zero-order valence-electron chi connectivity index (χ0n) is 27.9. The first kappa shape index (κ1) is 55.7. The second-order valence-corrected chi connectivity index (χ2v) is 11.7. The molecule has 17 heteroatoms. The van der Waals surface area contributed by atoms with E-state index in [-0.39, 0.29) is 30.8 Å². The van der Waals surface area contributed by atoms with Gasteiger partial charge in [0, 0.05) is 0 Å². The first-order chi connectivity index (χ1) is 21.1. The Bertz CT molecular complexity index is 1030. The number of benzene rings is 1. The molecule has 0 unspecified atom stereocenters. The Labute approximate surface area is 325 Å². The number of halogens is 6. The summed E-state index contributed by atoms with van der Waals surface area (Å²) in [7, 11) is 0. The summed E-state index contributed by atoms with van der Waals surface area (Å²) in [6, 6.07) is 9.02. The van der Waals surface area contributed by atoms with Crippen LogP contribution in [0.4, 0.5) is 26.3 Å². The molecule has 4 nitrogen and oxygen atoms in total. The van der Waals surface area contributed by atoms with Gasteiger partial charge in [-0.05, 0) is 55.4 Å². The molecule has 0 atom stereocenters. The van der Waals surface area contributed by atoms with Crippen LogP contribution in [0.2, 0.25) is 0 Å². The van der Waals surface area contributed by atoms with Gasteiger partial charge in [-0.3, -0.25) is 5.87 Å². The molecule has 0 amide bonds. The second kappa shape index (κ2) is 29.1. The summed E-state index contributed by atoms with van der Waals surface area (Å²) in [4.78, 5) is -3.09. The normalized spacial score (nSPS) is 11.3. The fraction of sp³-hybridized carbons (Fsp3) is 0.600. The van der Waals surface area contributed by atoms with Crippen molar-refractivity contribution in [3.63, 3.8) is 0 Å². The van der Waals surface area contributed by atoms with Crippen LogP contribution in [0.15, 0.2) is 48.8 Å². The number of nitrogens with zero attached hydrogens (tertiary/aromatic N) is 4. The topological polar surface area (TPSA) is 46.1 Å². The number of allylic oxidation sites excluding steroid dienone is 3. The van der Waals surface area contributed by atoms with Crippen molar-refractivity contribution in [1.82, 2.24) is 0 Å². The molecule has 47 heavy (non-hydrogen) atoms. The van der Waals surface area contributed by atoms with Gasteiger partial charge in [0.2, 0.25) is 0 Å². The molecule has 1 rings (SSSR count). The van der Waals surface area contributed by atoms with Gasteiger partial charge in [-0.15, -0.1) is 14.7 Å². The van der Waals surface area contributed by atoms with E-state index in [0.717, 1.165) is 9.79 Å². The molecule has 0 radical (unpaired) electrons. The van der Waals surface area contributed by atoms with Crippen LogP contribution < -0.4 is 0 Å². The molecular weight excluding hydrogens is 819 g/mol. The molecule has 268 valence electrons. The van der Waals surface area contributed by atoms with Gasteiger partial charge in [0.15, 0.2) is 0 Å². The molecule has 0 fully saturated rings. The predicted octanol–water partition coefficient (Wildman–Crippen LogP) is 8.23. The minimum atomic E-state index is -5.19. The molecule has 0 aromatic heterocycles. The van der Waals surface area contributed by atoms with Gasteiger partial charge in [-0.2, -0.15) is 41.4 Å². The maximum absolute atomic E-state index is 11.5. The summed E-state index contributed by atoms with van der Waals surface area (Å²) in [5, 5.41) is 16.0. The summed E-state index contributed by atoms with van der Waals surface area (Å²) < 4.78 is 71.6. The molecule has 0 spiro atoms. The molecular formula is C30H44F6MoN4S6. The van der Waals surface area contributed by atoms with Gasteiger partial charge < -0.3 is 77.5 Å². The van der Waals surface area contributed by atoms with Crippen molar-refractivity contribution < 1.29 is 56.4 Å². The minimum absolute atomic E-state index is 0. The van der Waals surface area contributed by atoms with Crippen LogP contribution in [0.1, 0.15) is 55.4 Å². The third kappa shape index (κ3) is 25.0. The number of hydrogen-bond donors (Lipinski definition) is 0. The van der Waals surface area contributed by atoms with Crippen LogP contribution in [0.3, 0.4) is 0 Å². The van der Waals surface area contributed by atoms with Crippen LogP contribution in [0, 0.1) is 11.3 Å². The standard InChI is InChI=1S/2C8H20N.C6H6S2.C4H2F6S2.C4HN2S2.Mo/c2*1-5-9(6-2,7-3)8-4;7-5-3-1-2-4-6(5)8;5-3(6,7)1(11)2(12)4(8,9)10;5-1-3(7)4(8)2-6;/h2*5-8H2,1-4H3;1-4,7-8H;11-12H;7H;/q2*+1;;;-1;+4/p-5/b;;;2-1-;;. The van der Waals surface area contributed by atoms with Gasteiger partial charge in [0.1, 0.15) is 10.9 Å². The minimum Gasteiger partial charge on any atom is -0.781 e. The number of nitriles is 1. The molecule has 1 aromatic rings. The SMILES string of the molecule is CC[N+](CC)(CC)CC.CC[N+](CC)(CC)CC.FC(F)(F)/C([S-])=C(/[S-])C(F)(F)F.N#CC(=S)C([S-])=C=[N-].[Mo+4].[S-]c1ccccc1[S-]. The largest absolute Gasteiger partial charge is 4.00 e. The second-order valence-electron chi connectivity index (χ2n) is 9.20. The summed E-state index contributed by atoms with van der Waals surface area (Å²) >= 11 is 25.4. The van der Waals surface area contributed by atoms with Crippen LogP contribution in [-0.4, -0.2) is 84.4 Å². The molecule has 1 aromatic carbocycles.